The van der Waals surface area contributed by atoms with Crippen molar-refractivity contribution in [1.82, 2.24) is 9.47 Å². The normalized spacial score (nSPS) is 26.9. The van der Waals surface area contributed by atoms with Gasteiger partial charge in [-0.1, -0.05) is 6.92 Å². The molecule has 0 unspecified atom stereocenters. The van der Waals surface area contributed by atoms with E-state index in [4.69, 9.17) is 4.74 Å². The number of piperidine rings is 1. The van der Waals surface area contributed by atoms with Crippen molar-refractivity contribution in [2.24, 2.45) is 18.9 Å². The predicted molar refractivity (Wildman–Crippen MR) is 86.9 cm³/mol. The predicted octanol–water partition coefficient (Wildman–Crippen LogP) is 2.61. The van der Waals surface area contributed by atoms with Crippen LogP contribution in [0.5, 0.6) is 0 Å². The summed E-state index contributed by atoms with van der Waals surface area (Å²) in [6, 6.07) is 3.93. The first kappa shape index (κ1) is 16.1. The first-order valence-electron chi connectivity index (χ1n) is 8.67. The van der Waals surface area contributed by atoms with Crippen molar-refractivity contribution in [3.63, 3.8) is 0 Å². The van der Waals surface area contributed by atoms with Gasteiger partial charge in [0.1, 0.15) is 5.69 Å². The molecule has 1 aromatic heterocycles. The van der Waals surface area contributed by atoms with Crippen molar-refractivity contribution in [3.05, 3.63) is 24.0 Å². The zero-order chi connectivity index (χ0) is 16.4. The standard InChI is InChI=1S/C18H26N2O3/c1-13-12-15(13)18(22)23-11-8-14-6-3-4-10-20(14)17(21)16-7-5-9-19(16)2/h5,7,9,13-15H,3-4,6,8,10-12H2,1-2H3/t13-,14-,15-/m1/s1. The number of carbonyl (C=O) groups excluding carboxylic acids is 2. The molecule has 23 heavy (non-hydrogen) atoms. The Morgan fingerprint density at radius 1 is 1.35 bits per heavy atom. The molecule has 0 spiro atoms. The number of hydrogen-bond donors (Lipinski definition) is 0. The molecule has 0 bridgehead atoms. The van der Waals surface area contributed by atoms with Gasteiger partial charge in [-0.3, -0.25) is 9.59 Å². The molecule has 5 heteroatoms. The van der Waals surface area contributed by atoms with Gasteiger partial charge in [-0.15, -0.1) is 0 Å². The average molecular weight is 318 g/mol. The van der Waals surface area contributed by atoms with Crippen molar-refractivity contribution < 1.29 is 14.3 Å². The maximum absolute atomic E-state index is 12.7. The van der Waals surface area contributed by atoms with Crippen LogP contribution in [0.3, 0.4) is 0 Å². The molecule has 0 aromatic carbocycles. The zero-order valence-electron chi connectivity index (χ0n) is 14.0. The monoisotopic (exact) mass is 318 g/mol. The molecule has 0 N–H and O–H groups in total. The minimum atomic E-state index is -0.0615. The highest BCUT2D eigenvalue weighted by Gasteiger charge is 2.40. The van der Waals surface area contributed by atoms with Gasteiger partial charge in [-0.2, -0.15) is 0 Å². The third-order valence-corrected chi connectivity index (χ3v) is 5.16. The van der Waals surface area contributed by atoms with Crippen LogP contribution in [0.1, 0.15) is 49.5 Å². The van der Waals surface area contributed by atoms with Crippen molar-refractivity contribution in [2.75, 3.05) is 13.2 Å². The molecular weight excluding hydrogens is 292 g/mol. The highest BCUT2D eigenvalue weighted by atomic mass is 16.5. The largest absolute Gasteiger partial charge is 0.465 e. The zero-order valence-corrected chi connectivity index (χ0v) is 14.0. The molecule has 3 atom stereocenters. The lowest BCUT2D eigenvalue weighted by Crippen LogP contribution is -2.44. The second kappa shape index (κ2) is 6.77. The van der Waals surface area contributed by atoms with Crippen LogP contribution in [0.4, 0.5) is 0 Å². The first-order chi connectivity index (χ1) is 11.1. The van der Waals surface area contributed by atoms with Crippen molar-refractivity contribution in [1.29, 1.82) is 0 Å². The van der Waals surface area contributed by atoms with Crippen LogP contribution >= 0.6 is 0 Å². The summed E-state index contributed by atoms with van der Waals surface area (Å²) in [6.07, 6.45) is 6.77. The Labute approximate surface area is 137 Å². The number of likely N-dealkylation sites (tertiary alicyclic amines) is 1. The number of carbonyl (C=O) groups is 2. The number of aromatic nitrogens is 1. The van der Waals surface area contributed by atoms with E-state index in [1.807, 2.05) is 34.8 Å². The number of rotatable bonds is 5. The van der Waals surface area contributed by atoms with E-state index >= 15 is 0 Å². The lowest BCUT2D eigenvalue weighted by Gasteiger charge is -2.35. The third kappa shape index (κ3) is 3.59. The Morgan fingerprint density at radius 3 is 2.78 bits per heavy atom. The number of esters is 1. The molecular formula is C18H26N2O3. The second-order valence-corrected chi connectivity index (χ2v) is 6.93. The number of aryl methyl sites for hydroxylation is 1. The summed E-state index contributed by atoms with van der Waals surface area (Å²) in [7, 11) is 1.89. The van der Waals surface area contributed by atoms with Crippen LogP contribution in [-0.4, -0.2) is 40.5 Å². The summed E-state index contributed by atoms with van der Waals surface area (Å²) in [5, 5.41) is 0. The molecule has 1 aromatic rings. The Kier molecular flexibility index (Phi) is 4.74. The van der Waals surface area contributed by atoms with Gasteiger partial charge in [0.05, 0.1) is 12.5 Å². The third-order valence-electron chi connectivity index (χ3n) is 5.16. The smallest absolute Gasteiger partial charge is 0.309 e. The quantitative estimate of drug-likeness (QED) is 0.784. The van der Waals surface area contributed by atoms with Crippen LogP contribution in [0, 0.1) is 11.8 Å². The highest BCUT2D eigenvalue weighted by molar-refractivity contribution is 5.93. The van der Waals surface area contributed by atoms with E-state index in [2.05, 4.69) is 6.92 Å². The molecule has 2 aliphatic rings. The van der Waals surface area contributed by atoms with Gasteiger partial charge in [-0.25, -0.2) is 0 Å². The topological polar surface area (TPSA) is 51.5 Å². The summed E-state index contributed by atoms with van der Waals surface area (Å²) in [5.74, 6) is 0.619. The fourth-order valence-corrected chi connectivity index (χ4v) is 3.45. The highest BCUT2D eigenvalue weighted by Crippen LogP contribution is 2.38. The van der Waals surface area contributed by atoms with Gasteiger partial charge in [0.2, 0.25) is 0 Å². The first-order valence-corrected chi connectivity index (χ1v) is 8.67. The molecule has 1 amide bonds. The van der Waals surface area contributed by atoms with E-state index in [0.717, 1.165) is 44.3 Å². The van der Waals surface area contributed by atoms with E-state index in [0.29, 0.717) is 12.5 Å². The molecule has 0 radical (unpaired) electrons. The van der Waals surface area contributed by atoms with Crippen LogP contribution in [0.25, 0.3) is 0 Å². The summed E-state index contributed by atoms with van der Waals surface area (Å²) >= 11 is 0. The van der Waals surface area contributed by atoms with Gasteiger partial charge in [-0.05, 0) is 43.7 Å². The maximum atomic E-state index is 12.7. The van der Waals surface area contributed by atoms with Crippen molar-refractivity contribution in [2.45, 2.75) is 45.1 Å². The maximum Gasteiger partial charge on any atom is 0.309 e. The molecule has 5 nitrogen and oxygen atoms in total. The molecule has 1 saturated carbocycles. The van der Waals surface area contributed by atoms with Crippen molar-refractivity contribution >= 4 is 11.9 Å². The Balaban J connectivity index is 1.55. The lowest BCUT2D eigenvalue weighted by atomic mass is 9.99. The van der Waals surface area contributed by atoms with Gasteiger partial charge < -0.3 is 14.2 Å². The van der Waals surface area contributed by atoms with E-state index in [1.54, 1.807) is 0 Å². The number of hydrogen-bond acceptors (Lipinski definition) is 3. The molecule has 2 fully saturated rings. The average Bonchev–Trinajstić information content (AvgIpc) is 3.13. The van der Waals surface area contributed by atoms with Crippen LogP contribution < -0.4 is 0 Å². The number of nitrogens with zero attached hydrogens (tertiary/aromatic N) is 2. The summed E-state index contributed by atoms with van der Waals surface area (Å²) < 4.78 is 7.26. The summed E-state index contributed by atoms with van der Waals surface area (Å²) in [4.78, 5) is 26.5. The fraction of sp³-hybridized carbons (Fsp3) is 0.667. The van der Waals surface area contributed by atoms with Crippen LogP contribution in [0.2, 0.25) is 0 Å². The molecule has 126 valence electrons. The van der Waals surface area contributed by atoms with E-state index in [9.17, 15) is 9.59 Å². The van der Waals surface area contributed by atoms with Gasteiger partial charge >= 0.3 is 5.97 Å². The Hall–Kier alpha value is -1.78. The molecule has 1 aliphatic heterocycles. The Morgan fingerprint density at radius 2 is 2.13 bits per heavy atom. The minimum Gasteiger partial charge on any atom is -0.465 e. The fourth-order valence-electron chi connectivity index (χ4n) is 3.45. The summed E-state index contributed by atoms with van der Waals surface area (Å²) in [6.45, 7) is 3.29. The van der Waals surface area contributed by atoms with E-state index < -0.39 is 0 Å². The van der Waals surface area contributed by atoms with E-state index in [-0.39, 0.29) is 23.8 Å². The lowest BCUT2D eigenvalue weighted by molar-refractivity contribution is -0.146. The van der Waals surface area contributed by atoms with Crippen LogP contribution in [0.15, 0.2) is 18.3 Å². The molecule has 1 saturated heterocycles. The van der Waals surface area contributed by atoms with Crippen LogP contribution in [-0.2, 0) is 16.6 Å². The Bertz CT molecular complexity index is 581. The van der Waals surface area contributed by atoms with E-state index in [1.165, 1.54) is 0 Å². The van der Waals surface area contributed by atoms with Gasteiger partial charge in [0.25, 0.3) is 5.91 Å². The summed E-state index contributed by atoms with van der Waals surface area (Å²) in [5.41, 5.74) is 0.723. The minimum absolute atomic E-state index is 0.0615. The second-order valence-electron chi connectivity index (χ2n) is 6.93. The van der Waals surface area contributed by atoms with Gasteiger partial charge in [0, 0.05) is 32.3 Å². The SMILES string of the molecule is C[C@@H]1C[C@H]1C(=O)OCC[C@H]1CCCCN1C(=O)c1cccn1C. The van der Waals surface area contributed by atoms with Crippen molar-refractivity contribution in [3.8, 4) is 0 Å². The molecule has 1 aliphatic carbocycles. The molecule has 2 heterocycles. The number of ether oxygens (including phenoxy) is 1. The molecule has 3 rings (SSSR count). The number of amides is 1. The van der Waals surface area contributed by atoms with Gasteiger partial charge in [0.15, 0.2) is 0 Å².